The number of hydrogen-bond donors (Lipinski definition) is 2. The number of benzene rings is 1. The zero-order chi connectivity index (χ0) is 22.2. The number of nitrogens with one attached hydrogen (secondary N) is 2. The first-order chi connectivity index (χ1) is 15.5. The normalized spacial score (nSPS) is 14.8. The van der Waals surface area contributed by atoms with Gasteiger partial charge in [-0.2, -0.15) is 4.98 Å². The van der Waals surface area contributed by atoms with Gasteiger partial charge >= 0.3 is 0 Å². The van der Waals surface area contributed by atoms with E-state index in [1.807, 2.05) is 6.92 Å². The van der Waals surface area contributed by atoms with Crippen LogP contribution in [0.2, 0.25) is 0 Å². The summed E-state index contributed by atoms with van der Waals surface area (Å²) >= 11 is 0. The summed E-state index contributed by atoms with van der Waals surface area (Å²) in [6.07, 6.45) is 4.45. The molecule has 1 atom stereocenters. The molecular weight excluding hydrogens is 416 g/mol. The quantitative estimate of drug-likeness (QED) is 0.389. The molecule has 0 spiro atoms. The summed E-state index contributed by atoms with van der Waals surface area (Å²) in [5, 5.41) is 3.21. The smallest absolute Gasteiger partial charge is 0.297 e. The van der Waals surface area contributed by atoms with Crippen molar-refractivity contribution in [3.63, 3.8) is 0 Å². The van der Waals surface area contributed by atoms with Crippen molar-refractivity contribution in [3.05, 3.63) is 47.9 Å². The maximum atomic E-state index is 14.7. The Hall–Kier alpha value is -3.33. The molecule has 0 bridgehead atoms. The van der Waals surface area contributed by atoms with Crippen LogP contribution >= 0.6 is 0 Å². The highest BCUT2D eigenvalue weighted by Crippen LogP contribution is 2.43. The lowest BCUT2D eigenvalue weighted by Crippen LogP contribution is -2.17. The van der Waals surface area contributed by atoms with Crippen molar-refractivity contribution in [1.29, 1.82) is 0 Å². The van der Waals surface area contributed by atoms with Gasteiger partial charge in [-0.1, -0.05) is 0 Å². The molecule has 1 saturated carbocycles. The van der Waals surface area contributed by atoms with Gasteiger partial charge in [-0.25, -0.2) is 18.7 Å². The highest BCUT2D eigenvalue weighted by atomic mass is 19.1. The third-order valence-electron chi connectivity index (χ3n) is 5.56. The van der Waals surface area contributed by atoms with Crippen LogP contribution in [0.25, 0.3) is 33.7 Å². The third kappa shape index (κ3) is 3.95. The number of aromatic amines is 1. The molecule has 166 valence electrons. The third-order valence-corrected chi connectivity index (χ3v) is 5.56. The Morgan fingerprint density at radius 2 is 2.06 bits per heavy atom. The number of aromatic nitrogens is 4. The Kier molecular flexibility index (Phi) is 5.34. The van der Waals surface area contributed by atoms with E-state index in [1.54, 1.807) is 19.4 Å². The van der Waals surface area contributed by atoms with Gasteiger partial charge in [0.1, 0.15) is 23.0 Å². The van der Waals surface area contributed by atoms with Gasteiger partial charge in [0.2, 0.25) is 5.71 Å². The van der Waals surface area contributed by atoms with Gasteiger partial charge in [0.15, 0.2) is 0 Å². The average molecular weight is 439 g/mol. The van der Waals surface area contributed by atoms with Crippen molar-refractivity contribution < 1.29 is 17.9 Å². The first-order valence-electron chi connectivity index (χ1n) is 10.6. The van der Waals surface area contributed by atoms with Crippen LogP contribution in [0, 0.1) is 11.6 Å². The minimum atomic E-state index is -0.656. The molecule has 0 amide bonds. The molecule has 1 aliphatic rings. The fourth-order valence-corrected chi connectivity index (χ4v) is 3.69. The number of nitrogens with zero attached hydrogens (tertiary/aromatic N) is 3. The first-order valence-corrected chi connectivity index (χ1v) is 10.6. The standard InChI is InChI=1S/C23H23F2N5O2/c1-12(8-10-31-2)27-23-30-20-16(7-9-26-22(20)32-23)19-18(28-21(29-19)13-3-4-13)15-6-5-14(24)11-17(15)25/h5-7,9,11-13H,3-4,8,10H2,1-2H3,(H,27,30)(H,28,29)/t12-/m0/s1. The largest absolute Gasteiger partial charge is 0.404 e. The molecule has 3 aromatic heterocycles. The number of ether oxygens (including phenoxy) is 1. The minimum absolute atomic E-state index is 0.0854. The molecule has 9 heteroatoms. The van der Waals surface area contributed by atoms with Crippen LogP contribution in [-0.4, -0.2) is 39.7 Å². The van der Waals surface area contributed by atoms with Gasteiger partial charge in [-0.05, 0) is 44.4 Å². The number of fused-ring (bicyclic) bond motifs is 1. The van der Waals surface area contributed by atoms with Gasteiger partial charge < -0.3 is 19.5 Å². The maximum absolute atomic E-state index is 14.7. The number of methoxy groups -OCH3 is 1. The number of hydrogen-bond acceptors (Lipinski definition) is 6. The van der Waals surface area contributed by atoms with Crippen molar-refractivity contribution in [1.82, 2.24) is 19.9 Å². The van der Waals surface area contributed by atoms with E-state index >= 15 is 0 Å². The van der Waals surface area contributed by atoms with E-state index in [-0.39, 0.29) is 11.6 Å². The molecular formula is C23H23F2N5O2. The van der Waals surface area contributed by atoms with Crippen LogP contribution in [0.1, 0.15) is 37.9 Å². The summed E-state index contributed by atoms with van der Waals surface area (Å²) < 4.78 is 39.1. The van der Waals surface area contributed by atoms with Crippen LogP contribution in [0.3, 0.4) is 0 Å². The molecule has 1 aliphatic carbocycles. The highest BCUT2D eigenvalue weighted by Gasteiger charge is 2.30. The Morgan fingerprint density at radius 3 is 2.81 bits per heavy atom. The maximum Gasteiger partial charge on any atom is 0.297 e. The summed E-state index contributed by atoms with van der Waals surface area (Å²) in [5.41, 5.74) is 2.82. The molecule has 1 aromatic carbocycles. The number of rotatable bonds is 8. The summed E-state index contributed by atoms with van der Waals surface area (Å²) in [5.74, 6) is -0.175. The van der Waals surface area contributed by atoms with E-state index in [1.165, 1.54) is 12.1 Å². The highest BCUT2D eigenvalue weighted by molar-refractivity contribution is 5.93. The number of imidazole rings is 1. The van der Waals surface area contributed by atoms with E-state index in [2.05, 4.69) is 20.3 Å². The molecule has 32 heavy (non-hydrogen) atoms. The monoisotopic (exact) mass is 439 g/mol. The number of pyridine rings is 1. The van der Waals surface area contributed by atoms with Crippen molar-refractivity contribution in [2.24, 2.45) is 0 Å². The molecule has 0 aliphatic heterocycles. The zero-order valence-corrected chi connectivity index (χ0v) is 17.8. The summed E-state index contributed by atoms with van der Waals surface area (Å²) in [6.45, 7) is 2.62. The predicted octanol–water partition coefficient (Wildman–Crippen LogP) is 5.27. The van der Waals surface area contributed by atoms with Crippen LogP contribution < -0.4 is 5.32 Å². The fraction of sp³-hybridized carbons (Fsp3) is 0.348. The van der Waals surface area contributed by atoms with Gasteiger partial charge in [0.25, 0.3) is 6.01 Å². The molecule has 4 aromatic rings. The van der Waals surface area contributed by atoms with Crippen molar-refractivity contribution in [3.8, 4) is 22.5 Å². The van der Waals surface area contributed by atoms with Gasteiger partial charge in [0, 0.05) is 49.1 Å². The molecule has 0 radical (unpaired) electrons. The van der Waals surface area contributed by atoms with Crippen LogP contribution in [-0.2, 0) is 4.74 Å². The van der Waals surface area contributed by atoms with E-state index in [0.717, 1.165) is 31.2 Å². The minimum Gasteiger partial charge on any atom is -0.404 e. The number of oxazole rings is 1. The van der Waals surface area contributed by atoms with Crippen LogP contribution in [0.15, 0.2) is 34.9 Å². The van der Waals surface area contributed by atoms with Crippen molar-refractivity contribution >= 4 is 17.2 Å². The number of H-pyrrole nitrogens is 1. The van der Waals surface area contributed by atoms with Gasteiger partial charge in [0.05, 0.1) is 11.4 Å². The molecule has 0 saturated heterocycles. The number of anilines is 1. The van der Waals surface area contributed by atoms with E-state index in [4.69, 9.17) is 14.1 Å². The van der Waals surface area contributed by atoms with Gasteiger partial charge in [-0.15, -0.1) is 0 Å². The Bertz CT molecular complexity index is 1260. The first kappa shape index (κ1) is 20.6. The van der Waals surface area contributed by atoms with Crippen LogP contribution in [0.4, 0.5) is 14.8 Å². The molecule has 2 N–H and O–H groups in total. The molecule has 3 heterocycles. The van der Waals surface area contributed by atoms with Gasteiger partial charge in [-0.3, -0.25) is 0 Å². The van der Waals surface area contributed by atoms with E-state index < -0.39 is 11.6 Å². The molecule has 1 fully saturated rings. The van der Waals surface area contributed by atoms with E-state index in [9.17, 15) is 8.78 Å². The second-order valence-electron chi connectivity index (χ2n) is 8.10. The SMILES string of the molecule is COCC[C@H](C)Nc1nc2c(-c3nc(C4CC4)[nH]c3-c3ccc(F)cc3F)ccnc2o1. The fourth-order valence-electron chi connectivity index (χ4n) is 3.69. The van der Waals surface area contributed by atoms with Crippen molar-refractivity contribution in [2.75, 3.05) is 19.0 Å². The number of halogens is 2. The Labute approximate surface area is 183 Å². The molecule has 0 unspecified atom stereocenters. The summed E-state index contributed by atoms with van der Waals surface area (Å²) in [7, 11) is 1.66. The van der Waals surface area contributed by atoms with Crippen LogP contribution in [0.5, 0.6) is 0 Å². The second-order valence-corrected chi connectivity index (χ2v) is 8.10. The van der Waals surface area contributed by atoms with E-state index in [0.29, 0.717) is 46.7 Å². The zero-order valence-electron chi connectivity index (χ0n) is 17.8. The average Bonchev–Trinajstić information content (AvgIpc) is 3.39. The second kappa shape index (κ2) is 8.31. The predicted molar refractivity (Wildman–Crippen MR) is 116 cm³/mol. The molecule has 5 rings (SSSR count). The summed E-state index contributed by atoms with van der Waals surface area (Å²) in [6, 6.07) is 5.74. The molecule has 7 nitrogen and oxygen atoms in total. The lowest BCUT2D eigenvalue weighted by atomic mass is 10.0. The lowest BCUT2D eigenvalue weighted by molar-refractivity contribution is 0.191. The Balaban J connectivity index is 1.59. The lowest BCUT2D eigenvalue weighted by Gasteiger charge is -2.10. The van der Waals surface area contributed by atoms with Crippen molar-refractivity contribution in [2.45, 2.75) is 38.1 Å². The Morgan fingerprint density at radius 1 is 1.22 bits per heavy atom. The topological polar surface area (TPSA) is 88.9 Å². The summed E-state index contributed by atoms with van der Waals surface area (Å²) in [4.78, 5) is 16.9.